The predicted octanol–water partition coefficient (Wildman–Crippen LogP) is 3.72. The molecule has 0 aromatic heterocycles. The van der Waals surface area contributed by atoms with Crippen molar-refractivity contribution < 1.29 is 24.6 Å². The molecule has 35 heavy (non-hydrogen) atoms. The second kappa shape index (κ2) is 10.4. The van der Waals surface area contributed by atoms with Gasteiger partial charge in [-0.2, -0.15) is 0 Å². The summed E-state index contributed by atoms with van der Waals surface area (Å²) in [5.41, 5.74) is 4.15. The highest BCUT2D eigenvalue weighted by molar-refractivity contribution is 5.91. The summed E-state index contributed by atoms with van der Waals surface area (Å²) in [4.78, 5) is 41.3. The number of hydrogen-bond acceptors (Lipinski definition) is 4. The molecule has 0 spiro atoms. The number of nitrogens with zero attached hydrogens (tertiary/aromatic N) is 2. The quantitative estimate of drug-likeness (QED) is 0.585. The number of urea groups is 1. The number of phenols is 1. The average molecular weight is 480 g/mol. The number of nitrogens with one attached hydrogen (secondary N) is 1. The van der Waals surface area contributed by atoms with Crippen LogP contribution < -0.4 is 5.32 Å². The van der Waals surface area contributed by atoms with Gasteiger partial charge in [-0.05, 0) is 67.9 Å². The van der Waals surface area contributed by atoms with E-state index >= 15 is 0 Å². The Labute approximate surface area is 205 Å². The number of fused-ring (bicyclic) bond motifs is 1. The highest BCUT2D eigenvalue weighted by Gasteiger charge is 2.32. The van der Waals surface area contributed by atoms with Crippen molar-refractivity contribution in [2.45, 2.75) is 52.0 Å². The number of rotatable bonds is 6. The summed E-state index contributed by atoms with van der Waals surface area (Å²) in [5.74, 6) is -1.80. The molecule has 1 fully saturated rings. The fourth-order valence-electron chi connectivity index (χ4n) is 5.20. The molecule has 0 unspecified atom stereocenters. The smallest absolute Gasteiger partial charge is 0.322 e. The first-order chi connectivity index (χ1) is 16.7. The lowest BCUT2D eigenvalue weighted by Crippen LogP contribution is -2.50. The molecule has 2 aliphatic rings. The fourth-order valence-corrected chi connectivity index (χ4v) is 5.20. The second-order valence-electron chi connectivity index (χ2n) is 9.66. The lowest BCUT2D eigenvalue weighted by Gasteiger charge is -2.38. The van der Waals surface area contributed by atoms with E-state index in [2.05, 4.69) is 5.32 Å². The molecular weight excluding hydrogens is 446 g/mol. The molecule has 1 atom stereocenters. The van der Waals surface area contributed by atoms with E-state index in [-0.39, 0.29) is 36.6 Å². The summed E-state index contributed by atoms with van der Waals surface area (Å²) in [6.07, 6.45) is 2.28. The van der Waals surface area contributed by atoms with Gasteiger partial charge >= 0.3 is 12.0 Å². The van der Waals surface area contributed by atoms with Crippen LogP contribution in [-0.2, 0) is 22.4 Å². The van der Waals surface area contributed by atoms with Gasteiger partial charge in [0.05, 0.1) is 5.92 Å². The number of aliphatic carboxylic acids is 1. The molecule has 0 aliphatic carbocycles. The van der Waals surface area contributed by atoms with Gasteiger partial charge < -0.3 is 25.3 Å². The van der Waals surface area contributed by atoms with Crippen molar-refractivity contribution in [3.05, 3.63) is 58.7 Å². The van der Waals surface area contributed by atoms with Gasteiger partial charge in [-0.1, -0.05) is 30.3 Å². The molecule has 8 heteroatoms. The largest absolute Gasteiger partial charge is 0.507 e. The Morgan fingerprint density at radius 1 is 1.09 bits per heavy atom. The van der Waals surface area contributed by atoms with Gasteiger partial charge in [0, 0.05) is 37.8 Å². The van der Waals surface area contributed by atoms with Crippen LogP contribution >= 0.6 is 0 Å². The van der Waals surface area contributed by atoms with Crippen LogP contribution in [0.2, 0.25) is 0 Å². The lowest BCUT2D eigenvalue weighted by atomic mass is 9.93. The number of amides is 3. The highest BCUT2D eigenvalue weighted by Crippen LogP contribution is 2.27. The number of hydrogen-bond donors (Lipinski definition) is 3. The van der Waals surface area contributed by atoms with Crippen LogP contribution in [0.25, 0.3) is 0 Å². The average Bonchev–Trinajstić information content (AvgIpc) is 3.00. The number of aromatic hydroxyl groups is 1. The van der Waals surface area contributed by atoms with Crippen LogP contribution in [-0.4, -0.2) is 63.6 Å². The number of carbonyl (C=O) groups is 3. The van der Waals surface area contributed by atoms with Gasteiger partial charge in [-0.15, -0.1) is 0 Å². The van der Waals surface area contributed by atoms with E-state index < -0.39 is 11.9 Å². The van der Waals surface area contributed by atoms with Gasteiger partial charge in [0.2, 0.25) is 5.91 Å². The molecule has 3 N–H and O–H groups in total. The molecular formula is C27H33N3O5. The molecule has 1 saturated heterocycles. The third kappa shape index (κ3) is 5.58. The van der Waals surface area contributed by atoms with Crippen LogP contribution in [0.1, 0.15) is 41.5 Å². The molecule has 2 aromatic rings. The SMILES string of the molecule is Cc1cc(C[C@@H](CC(=O)N2CCC(N3CCc4ccccc4NC3=O)CC2)C(=O)O)cc(C)c1O. The number of likely N-dealkylation sites (tertiary alicyclic amines) is 1. The van der Waals surface area contributed by atoms with Crippen molar-refractivity contribution in [2.75, 3.05) is 25.0 Å². The van der Waals surface area contributed by atoms with E-state index in [0.717, 1.165) is 23.2 Å². The van der Waals surface area contributed by atoms with Crippen molar-refractivity contribution in [3.8, 4) is 5.75 Å². The Morgan fingerprint density at radius 2 is 1.74 bits per heavy atom. The Bertz CT molecular complexity index is 1100. The zero-order chi connectivity index (χ0) is 25.1. The van der Waals surface area contributed by atoms with E-state index in [1.807, 2.05) is 29.2 Å². The maximum Gasteiger partial charge on any atom is 0.322 e. The Hall–Kier alpha value is -3.55. The zero-order valence-electron chi connectivity index (χ0n) is 20.3. The minimum atomic E-state index is -1.00. The molecule has 8 nitrogen and oxygen atoms in total. The Balaban J connectivity index is 1.33. The van der Waals surface area contributed by atoms with Crippen molar-refractivity contribution >= 4 is 23.6 Å². The topological polar surface area (TPSA) is 110 Å². The van der Waals surface area contributed by atoms with Gasteiger partial charge in [0.1, 0.15) is 5.75 Å². The summed E-state index contributed by atoms with van der Waals surface area (Å²) in [6, 6.07) is 11.3. The summed E-state index contributed by atoms with van der Waals surface area (Å²) < 4.78 is 0. The molecule has 0 saturated carbocycles. The molecule has 2 aromatic carbocycles. The number of piperidine rings is 1. The minimum Gasteiger partial charge on any atom is -0.507 e. The number of anilines is 1. The summed E-state index contributed by atoms with van der Waals surface area (Å²) in [7, 11) is 0. The van der Waals surface area contributed by atoms with Crippen molar-refractivity contribution in [1.82, 2.24) is 9.80 Å². The van der Waals surface area contributed by atoms with Crippen LogP contribution in [0, 0.1) is 19.8 Å². The highest BCUT2D eigenvalue weighted by atomic mass is 16.4. The van der Waals surface area contributed by atoms with Crippen LogP contribution in [0.5, 0.6) is 5.75 Å². The van der Waals surface area contributed by atoms with Crippen molar-refractivity contribution in [1.29, 1.82) is 0 Å². The van der Waals surface area contributed by atoms with E-state index in [9.17, 15) is 24.6 Å². The number of carboxylic acids is 1. The van der Waals surface area contributed by atoms with Gasteiger partial charge in [0.25, 0.3) is 0 Å². The molecule has 4 rings (SSSR count). The third-order valence-corrected chi connectivity index (χ3v) is 7.20. The molecule has 3 amide bonds. The Kier molecular flexibility index (Phi) is 7.28. The second-order valence-corrected chi connectivity index (χ2v) is 9.66. The monoisotopic (exact) mass is 479 g/mol. The first-order valence-corrected chi connectivity index (χ1v) is 12.2. The lowest BCUT2D eigenvalue weighted by molar-refractivity contribution is -0.146. The number of benzene rings is 2. The van der Waals surface area contributed by atoms with Crippen LogP contribution in [0.15, 0.2) is 36.4 Å². The van der Waals surface area contributed by atoms with Gasteiger partial charge in [-0.25, -0.2) is 4.79 Å². The molecule has 0 radical (unpaired) electrons. The van der Waals surface area contributed by atoms with Crippen LogP contribution in [0.4, 0.5) is 10.5 Å². The third-order valence-electron chi connectivity index (χ3n) is 7.20. The minimum absolute atomic E-state index is 0.0478. The number of carbonyl (C=O) groups excluding carboxylic acids is 2. The molecule has 0 bridgehead atoms. The summed E-state index contributed by atoms with van der Waals surface area (Å²) in [5, 5.41) is 22.7. The normalized spacial score (nSPS) is 17.4. The Morgan fingerprint density at radius 3 is 2.40 bits per heavy atom. The first-order valence-electron chi connectivity index (χ1n) is 12.2. The molecule has 2 aliphatic heterocycles. The first kappa shape index (κ1) is 24.6. The summed E-state index contributed by atoms with van der Waals surface area (Å²) >= 11 is 0. The maximum atomic E-state index is 13.0. The number of aryl methyl sites for hydroxylation is 2. The van der Waals surface area contributed by atoms with E-state index in [1.54, 1.807) is 30.9 Å². The van der Waals surface area contributed by atoms with Gasteiger partial charge in [-0.3, -0.25) is 9.59 Å². The van der Waals surface area contributed by atoms with Crippen molar-refractivity contribution in [2.24, 2.45) is 5.92 Å². The predicted molar refractivity (Wildman–Crippen MR) is 133 cm³/mol. The maximum absolute atomic E-state index is 13.0. The summed E-state index contributed by atoms with van der Waals surface area (Å²) in [6.45, 7) is 5.20. The van der Waals surface area contributed by atoms with Crippen LogP contribution in [0.3, 0.4) is 0 Å². The van der Waals surface area contributed by atoms with E-state index in [1.165, 1.54) is 0 Å². The van der Waals surface area contributed by atoms with E-state index in [0.29, 0.717) is 43.6 Å². The fraction of sp³-hybridized carbons (Fsp3) is 0.444. The number of carboxylic acid groups (broad SMARTS) is 1. The molecule has 186 valence electrons. The van der Waals surface area contributed by atoms with E-state index in [4.69, 9.17) is 0 Å². The van der Waals surface area contributed by atoms with Gasteiger partial charge in [0.15, 0.2) is 0 Å². The molecule has 2 heterocycles. The van der Waals surface area contributed by atoms with Crippen molar-refractivity contribution in [3.63, 3.8) is 0 Å². The zero-order valence-corrected chi connectivity index (χ0v) is 20.3. The number of para-hydroxylation sites is 1. The number of phenolic OH excluding ortho intramolecular Hbond substituents is 1. The standard InChI is InChI=1S/C27H33N3O5/c1-17-13-19(14-18(2)25(17)32)15-21(26(33)34)16-24(31)29-10-8-22(9-11-29)30-12-7-20-5-3-4-6-23(20)28-27(30)35/h3-6,13-14,21-22,32H,7-12,15-16H2,1-2H3,(H,28,35)(H,33,34)/t21-/m0/s1.